The molecule has 260 valence electrons. The van der Waals surface area contributed by atoms with Gasteiger partial charge in [0.2, 0.25) is 0 Å². The van der Waals surface area contributed by atoms with E-state index < -0.39 is 16.0 Å². The van der Waals surface area contributed by atoms with Crippen LogP contribution in [0.4, 0.5) is 0 Å². The Morgan fingerprint density at radius 3 is 1.54 bits per heavy atom. The van der Waals surface area contributed by atoms with E-state index in [-0.39, 0.29) is 35.3 Å². The van der Waals surface area contributed by atoms with Crippen molar-refractivity contribution in [3.05, 3.63) is 99.7 Å². The van der Waals surface area contributed by atoms with Crippen molar-refractivity contribution in [3.63, 3.8) is 0 Å². The van der Waals surface area contributed by atoms with Crippen LogP contribution in [0, 0.1) is 0 Å². The van der Waals surface area contributed by atoms with Gasteiger partial charge in [-0.25, -0.2) is 8.42 Å². The molecule has 0 radical (unpaired) electrons. The Morgan fingerprint density at radius 2 is 1.12 bits per heavy atom. The number of allylic oxidation sites excluding steroid dienone is 12. The monoisotopic (exact) mass is 686 g/mol. The summed E-state index contributed by atoms with van der Waals surface area (Å²) in [7, 11) is -4.81. The number of rotatable bonds is 20. The fourth-order valence-corrected chi connectivity index (χ4v) is 5.83. The third-order valence-electron chi connectivity index (χ3n) is 8.49. The van der Waals surface area contributed by atoms with Crippen LogP contribution in [-0.2, 0) is 10.4 Å². The Bertz CT molecular complexity index is 1490. The first-order chi connectivity index (χ1) is 22.1. The van der Waals surface area contributed by atoms with Crippen LogP contribution in [0.15, 0.2) is 94.2 Å². The van der Waals surface area contributed by atoms with E-state index in [1.54, 1.807) is 6.07 Å². The van der Waals surface area contributed by atoms with Crippen molar-refractivity contribution in [1.82, 2.24) is 0 Å². The Kier molecular flexibility index (Phi) is 20.7. The van der Waals surface area contributed by atoms with Gasteiger partial charge in [0.25, 0.3) is 10.4 Å². The second-order valence-corrected chi connectivity index (χ2v) is 14.7. The molecular formula is C41H59NaO5S. The van der Waals surface area contributed by atoms with E-state index in [0.717, 1.165) is 70.6 Å². The molecule has 0 fully saturated rings. The summed E-state index contributed by atoms with van der Waals surface area (Å²) in [5, 5.41) is 0. The second-order valence-electron chi connectivity index (χ2n) is 13.7. The molecule has 1 heterocycles. The number of hydrogen-bond acceptors (Lipinski definition) is 5. The molecule has 48 heavy (non-hydrogen) atoms. The van der Waals surface area contributed by atoms with E-state index in [1.165, 1.54) is 52.0 Å². The molecule has 1 aromatic carbocycles. The molecule has 5 nitrogen and oxygen atoms in total. The van der Waals surface area contributed by atoms with Gasteiger partial charge in [-0.2, -0.15) is 0 Å². The zero-order valence-electron chi connectivity index (χ0n) is 31.3. The van der Waals surface area contributed by atoms with Crippen LogP contribution in [0.5, 0.6) is 11.5 Å². The summed E-state index contributed by atoms with van der Waals surface area (Å²) >= 11 is 0. The molecule has 0 N–H and O–H groups in total. The largest absolute Gasteiger partial charge is 1.00 e. The molecule has 2 rings (SSSR count). The van der Waals surface area contributed by atoms with Gasteiger partial charge < -0.3 is 13.5 Å². The maximum absolute atomic E-state index is 10.9. The Labute approximate surface area is 315 Å². The standard InChI is InChI=1S/C41H60O5S.Na/c1-32(2)15-9-16-33(3)17-10-18-34(4)19-11-20-35(5)21-12-22-36(6)23-13-24-37(7)25-14-29-41(8)30-28-38-31-39(46-47(42,43)44)26-27-40(38)45-41;/h15,17,19,21,23,25-28,30-31H,9-14,16,18,20,22,24,29H2,1-8H3,(H,42,43,44);/q;+1/p-1/b33-17+,34-19+,35-21+,36-23+,37-25+;. The predicted molar refractivity (Wildman–Crippen MR) is 198 cm³/mol. The molecule has 0 saturated heterocycles. The zero-order chi connectivity index (χ0) is 34.9. The Hall–Kier alpha value is -2.09. The van der Waals surface area contributed by atoms with Gasteiger partial charge in [-0.05, 0) is 157 Å². The number of hydrogen-bond donors (Lipinski definition) is 0. The topological polar surface area (TPSA) is 75.7 Å². The minimum Gasteiger partial charge on any atom is -0.716 e. The molecule has 1 aliphatic heterocycles. The van der Waals surface area contributed by atoms with Gasteiger partial charge in [-0.1, -0.05) is 76.0 Å². The molecule has 0 spiro atoms. The summed E-state index contributed by atoms with van der Waals surface area (Å²) in [4.78, 5) is 0. The summed E-state index contributed by atoms with van der Waals surface area (Å²) in [6.07, 6.45) is 31.0. The van der Waals surface area contributed by atoms with E-state index in [9.17, 15) is 13.0 Å². The van der Waals surface area contributed by atoms with E-state index in [1.807, 2.05) is 19.1 Å². The average molecular weight is 687 g/mol. The van der Waals surface area contributed by atoms with Crippen LogP contribution in [0.2, 0.25) is 0 Å². The van der Waals surface area contributed by atoms with E-state index >= 15 is 0 Å². The van der Waals surface area contributed by atoms with E-state index in [0.29, 0.717) is 11.3 Å². The molecular weight excluding hydrogens is 628 g/mol. The summed E-state index contributed by atoms with van der Waals surface area (Å²) in [5.74, 6) is 0.620. The van der Waals surface area contributed by atoms with Gasteiger partial charge in [0, 0.05) is 5.56 Å². The molecule has 1 atom stereocenters. The van der Waals surface area contributed by atoms with Crippen molar-refractivity contribution in [3.8, 4) is 11.5 Å². The average Bonchev–Trinajstić information content (AvgIpc) is 2.96. The van der Waals surface area contributed by atoms with Crippen molar-refractivity contribution in [1.29, 1.82) is 0 Å². The van der Waals surface area contributed by atoms with E-state index in [4.69, 9.17) is 4.74 Å². The predicted octanol–water partition coefficient (Wildman–Crippen LogP) is 9.07. The number of ether oxygens (including phenoxy) is 1. The van der Waals surface area contributed by atoms with Crippen molar-refractivity contribution >= 4 is 16.5 Å². The first-order valence-electron chi connectivity index (χ1n) is 17.2. The van der Waals surface area contributed by atoms with Gasteiger partial charge in [0.05, 0.1) is 0 Å². The summed E-state index contributed by atoms with van der Waals surface area (Å²) in [5.41, 5.74) is 8.94. The maximum Gasteiger partial charge on any atom is 1.00 e. The number of fused-ring (bicyclic) bond motifs is 1. The minimum absolute atomic E-state index is 0. The normalized spacial score (nSPS) is 17.4. The minimum atomic E-state index is -4.81. The summed E-state index contributed by atoms with van der Waals surface area (Å²) in [6, 6.07) is 4.56. The molecule has 0 bridgehead atoms. The van der Waals surface area contributed by atoms with Crippen LogP contribution >= 0.6 is 0 Å². The van der Waals surface area contributed by atoms with Gasteiger partial charge >= 0.3 is 29.6 Å². The summed E-state index contributed by atoms with van der Waals surface area (Å²) < 4.78 is 43.3. The molecule has 0 aliphatic carbocycles. The zero-order valence-corrected chi connectivity index (χ0v) is 34.1. The van der Waals surface area contributed by atoms with Gasteiger partial charge in [0.15, 0.2) is 0 Å². The van der Waals surface area contributed by atoms with Crippen molar-refractivity contribution in [2.75, 3.05) is 0 Å². The molecule has 0 amide bonds. The molecule has 1 unspecified atom stereocenters. The maximum atomic E-state index is 10.9. The quantitative estimate of drug-likeness (QED) is 0.0592. The fraction of sp³-hybridized carbons (Fsp3) is 0.512. The van der Waals surface area contributed by atoms with Crippen LogP contribution < -0.4 is 38.5 Å². The third-order valence-corrected chi connectivity index (χ3v) is 8.89. The second kappa shape index (κ2) is 22.6. The smallest absolute Gasteiger partial charge is 0.716 e. The van der Waals surface area contributed by atoms with E-state index in [2.05, 4.69) is 89.1 Å². The van der Waals surface area contributed by atoms with Crippen molar-refractivity contribution < 1.29 is 51.4 Å². The van der Waals surface area contributed by atoms with Gasteiger partial charge in [0.1, 0.15) is 17.1 Å². The molecule has 1 aromatic rings. The fourth-order valence-electron chi connectivity index (χ4n) is 5.49. The van der Waals surface area contributed by atoms with Crippen molar-refractivity contribution in [2.24, 2.45) is 0 Å². The first-order valence-corrected chi connectivity index (χ1v) is 18.6. The number of benzene rings is 1. The van der Waals surface area contributed by atoms with Gasteiger partial charge in [-0.3, -0.25) is 0 Å². The molecule has 0 saturated carbocycles. The van der Waals surface area contributed by atoms with Gasteiger partial charge in [-0.15, -0.1) is 0 Å². The Morgan fingerprint density at radius 1 is 0.708 bits per heavy atom. The van der Waals surface area contributed by atoms with Crippen molar-refractivity contribution in [2.45, 2.75) is 138 Å². The van der Waals surface area contributed by atoms with Crippen LogP contribution in [-0.4, -0.2) is 18.6 Å². The SMILES string of the molecule is CC(C)=CCC/C(C)=C/CC/C(C)=C/CC/C(C)=C/CC/C(C)=C/CC/C(C)=C/CCC1(C)C=Cc2cc(OS(=O)(=O)[O-])ccc2O1.[Na+]. The molecule has 1 aliphatic rings. The molecule has 0 aromatic heterocycles. The molecule has 7 heteroatoms. The first kappa shape index (κ1) is 43.9. The summed E-state index contributed by atoms with van der Waals surface area (Å²) in [6.45, 7) is 17.6. The Balaban J connectivity index is 0.0000115. The van der Waals surface area contributed by atoms with Crippen LogP contribution in [0.25, 0.3) is 6.08 Å². The van der Waals surface area contributed by atoms with Crippen LogP contribution in [0.3, 0.4) is 0 Å². The third kappa shape index (κ3) is 19.8. The van der Waals surface area contributed by atoms with Crippen LogP contribution in [0.1, 0.15) is 138 Å².